The van der Waals surface area contributed by atoms with Crippen molar-refractivity contribution < 1.29 is 4.79 Å². The highest BCUT2D eigenvalue weighted by Gasteiger charge is 2.16. The second-order valence-electron chi connectivity index (χ2n) is 5.31. The first-order chi connectivity index (χ1) is 10.8. The highest BCUT2D eigenvalue weighted by atomic mass is 35.5. The molecule has 1 saturated heterocycles. The van der Waals surface area contributed by atoms with E-state index in [1.807, 2.05) is 18.2 Å². The maximum atomic E-state index is 12.1. The molecule has 1 fully saturated rings. The van der Waals surface area contributed by atoms with Crippen LogP contribution in [0.4, 0.5) is 5.69 Å². The van der Waals surface area contributed by atoms with Gasteiger partial charge >= 0.3 is 0 Å². The van der Waals surface area contributed by atoms with Crippen molar-refractivity contribution >= 4 is 24.0 Å². The summed E-state index contributed by atoms with van der Waals surface area (Å²) in [6, 6.07) is 13.0. The van der Waals surface area contributed by atoms with Gasteiger partial charge in [0.2, 0.25) is 0 Å². The van der Waals surface area contributed by atoms with Crippen molar-refractivity contribution in [2.45, 2.75) is 12.3 Å². The van der Waals surface area contributed by atoms with Crippen LogP contribution in [-0.4, -0.2) is 24.0 Å². The van der Waals surface area contributed by atoms with Crippen LogP contribution in [0.25, 0.3) is 0 Å². The van der Waals surface area contributed by atoms with Crippen LogP contribution in [-0.2, 0) is 0 Å². The van der Waals surface area contributed by atoms with Crippen molar-refractivity contribution in [2.24, 2.45) is 0 Å². The van der Waals surface area contributed by atoms with Gasteiger partial charge in [-0.15, -0.1) is 12.4 Å². The van der Waals surface area contributed by atoms with Gasteiger partial charge in [-0.1, -0.05) is 12.1 Å². The Morgan fingerprint density at radius 1 is 1.26 bits per heavy atom. The lowest BCUT2D eigenvalue weighted by atomic mass is 9.98. The van der Waals surface area contributed by atoms with Gasteiger partial charge in [0.15, 0.2) is 0 Å². The molecule has 0 saturated carbocycles. The minimum absolute atomic E-state index is 0. The molecule has 1 unspecified atom stereocenters. The van der Waals surface area contributed by atoms with Gasteiger partial charge in [-0.25, -0.2) is 4.98 Å². The molecule has 0 spiro atoms. The Morgan fingerprint density at radius 3 is 2.61 bits per heavy atom. The molecule has 5 nitrogen and oxygen atoms in total. The molecule has 0 radical (unpaired) electrons. The van der Waals surface area contributed by atoms with Crippen LogP contribution in [0.2, 0.25) is 0 Å². The van der Waals surface area contributed by atoms with Crippen molar-refractivity contribution in [3.63, 3.8) is 0 Å². The number of rotatable bonds is 3. The lowest BCUT2D eigenvalue weighted by molar-refractivity contribution is 0.102. The van der Waals surface area contributed by atoms with Crippen LogP contribution in [0.3, 0.4) is 0 Å². The van der Waals surface area contributed by atoms with Crippen LogP contribution in [0.15, 0.2) is 42.6 Å². The Hall–Kier alpha value is -2.42. The van der Waals surface area contributed by atoms with E-state index >= 15 is 0 Å². The van der Waals surface area contributed by atoms with Crippen molar-refractivity contribution in [3.8, 4) is 6.07 Å². The zero-order valence-electron chi connectivity index (χ0n) is 12.5. The summed E-state index contributed by atoms with van der Waals surface area (Å²) in [5, 5.41) is 14.9. The Balaban J connectivity index is 0.00000192. The minimum atomic E-state index is -0.278. The van der Waals surface area contributed by atoms with Gasteiger partial charge in [-0.2, -0.15) is 5.26 Å². The SMILES string of the molecule is Cl.N#Cc1ccc(C(=O)Nc2ccc(C3CCNC3)cc2)nc1. The molecule has 3 rings (SSSR count). The molecule has 1 aromatic carbocycles. The molecule has 118 valence electrons. The molecule has 2 aromatic rings. The van der Waals surface area contributed by atoms with E-state index in [9.17, 15) is 4.79 Å². The van der Waals surface area contributed by atoms with Crippen LogP contribution < -0.4 is 10.6 Å². The first kappa shape index (κ1) is 16.9. The molecule has 2 heterocycles. The third-order valence-corrected chi connectivity index (χ3v) is 3.83. The third-order valence-electron chi connectivity index (χ3n) is 3.83. The Morgan fingerprint density at radius 2 is 2.04 bits per heavy atom. The number of hydrogen-bond acceptors (Lipinski definition) is 4. The van der Waals surface area contributed by atoms with Crippen molar-refractivity contribution in [1.29, 1.82) is 5.26 Å². The third kappa shape index (κ3) is 4.07. The molecule has 2 N–H and O–H groups in total. The molecule has 0 aliphatic carbocycles. The van der Waals surface area contributed by atoms with E-state index in [1.165, 1.54) is 11.8 Å². The lowest BCUT2D eigenvalue weighted by Gasteiger charge is -2.10. The van der Waals surface area contributed by atoms with Gasteiger partial charge in [0, 0.05) is 18.4 Å². The number of benzene rings is 1. The molecule has 1 atom stereocenters. The van der Waals surface area contributed by atoms with E-state index in [0.29, 0.717) is 17.2 Å². The number of amides is 1. The highest BCUT2D eigenvalue weighted by Crippen LogP contribution is 2.23. The maximum absolute atomic E-state index is 12.1. The van der Waals surface area contributed by atoms with Crippen LogP contribution in [0.1, 0.15) is 34.0 Å². The van der Waals surface area contributed by atoms with Crippen LogP contribution in [0, 0.1) is 11.3 Å². The Kier molecular flexibility index (Phi) is 5.69. The maximum Gasteiger partial charge on any atom is 0.274 e. The summed E-state index contributed by atoms with van der Waals surface area (Å²) in [6.07, 6.45) is 2.55. The molecule has 1 amide bonds. The summed E-state index contributed by atoms with van der Waals surface area (Å²) in [5.74, 6) is 0.282. The van der Waals surface area contributed by atoms with E-state index in [1.54, 1.807) is 12.1 Å². The number of carbonyl (C=O) groups excluding carboxylic acids is 1. The number of anilines is 1. The molecule has 6 heteroatoms. The highest BCUT2D eigenvalue weighted by molar-refractivity contribution is 6.02. The van der Waals surface area contributed by atoms with E-state index < -0.39 is 0 Å². The number of pyridine rings is 1. The fourth-order valence-electron chi connectivity index (χ4n) is 2.57. The minimum Gasteiger partial charge on any atom is -0.321 e. The summed E-state index contributed by atoms with van der Waals surface area (Å²) in [7, 11) is 0. The second kappa shape index (κ2) is 7.73. The quantitative estimate of drug-likeness (QED) is 0.908. The van der Waals surface area contributed by atoms with Crippen molar-refractivity contribution in [3.05, 3.63) is 59.4 Å². The summed E-state index contributed by atoms with van der Waals surface area (Å²) < 4.78 is 0. The Labute approximate surface area is 141 Å². The molecule has 1 aromatic heterocycles. The van der Waals surface area contributed by atoms with E-state index in [4.69, 9.17) is 5.26 Å². The van der Waals surface area contributed by atoms with Crippen LogP contribution >= 0.6 is 12.4 Å². The van der Waals surface area contributed by atoms with Gasteiger partial charge in [0.1, 0.15) is 11.8 Å². The average Bonchev–Trinajstić information content (AvgIpc) is 3.10. The number of hydrogen-bond donors (Lipinski definition) is 2. The van der Waals surface area contributed by atoms with Gasteiger partial charge in [-0.05, 0) is 48.7 Å². The lowest BCUT2D eigenvalue weighted by Crippen LogP contribution is -2.13. The average molecular weight is 329 g/mol. The van der Waals surface area contributed by atoms with E-state index in [-0.39, 0.29) is 18.3 Å². The standard InChI is InChI=1S/C17H16N4O.ClH/c18-9-12-1-6-16(20-10-12)17(22)21-15-4-2-13(3-5-15)14-7-8-19-11-14;/h1-6,10,14,19H,7-8,11H2,(H,21,22);1H. The van der Waals surface area contributed by atoms with Crippen molar-refractivity contribution in [1.82, 2.24) is 10.3 Å². The molecular weight excluding hydrogens is 312 g/mol. The first-order valence-corrected chi connectivity index (χ1v) is 7.24. The van der Waals surface area contributed by atoms with Gasteiger partial charge in [0.05, 0.1) is 5.56 Å². The fourth-order valence-corrected chi connectivity index (χ4v) is 2.57. The molecule has 1 aliphatic rings. The molecular formula is C17H17ClN4O. The monoisotopic (exact) mass is 328 g/mol. The van der Waals surface area contributed by atoms with Crippen molar-refractivity contribution in [2.75, 3.05) is 18.4 Å². The zero-order valence-corrected chi connectivity index (χ0v) is 13.3. The smallest absolute Gasteiger partial charge is 0.274 e. The summed E-state index contributed by atoms with van der Waals surface area (Å²) in [6.45, 7) is 2.08. The predicted octanol–water partition coefficient (Wildman–Crippen LogP) is 2.70. The first-order valence-electron chi connectivity index (χ1n) is 7.24. The van der Waals surface area contributed by atoms with E-state index in [2.05, 4.69) is 27.8 Å². The number of halogens is 1. The van der Waals surface area contributed by atoms with E-state index in [0.717, 1.165) is 25.2 Å². The normalized spacial score (nSPS) is 16.2. The van der Waals surface area contributed by atoms with Gasteiger partial charge in [0.25, 0.3) is 5.91 Å². The zero-order chi connectivity index (χ0) is 15.4. The largest absolute Gasteiger partial charge is 0.321 e. The molecule has 0 bridgehead atoms. The predicted molar refractivity (Wildman–Crippen MR) is 90.8 cm³/mol. The molecule has 23 heavy (non-hydrogen) atoms. The number of aromatic nitrogens is 1. The summed E-state index contributed by atoms with van der Waals surface area (Å²) >= 11 is 0. The van der Waals surface area contributed by atoms with Crippen LogP contribution in [0.5, 0.6) is 0 Å². The Bertz CT molecular complexity index is 701. The second-order valence-corrected chi connectivity index (χ2v) is 5.31. The number of nitrogens with one attached hydrogen (secondary N) is 2. The fraction of sp³-hybridized carbons (Fsp3) is 0.235. The molecule has 1 aliphatic heterocycles. The summed E-state index contributed by atoms with van der Waals surface area (Å²) in [4.78, 5) is 16.1. The number of nitriles is 1. The number of nitrogens with zero attached hydrogens (tertiary/aromatic N) is 2. The summed E-state index contributed by atoms with van der Waals surface area (Å²) in [5.41, 5.74) is 2.76. The van der Waals surface area contributed by atoms with Gasteiger partial charge < -0.3 is 10.6 Å². The number of carbonyl (C=O) groups is 1. The van der Waals surface area contributed by atoms with Gasteiger partial charge in [-0.3, -0.25) is 4.79 Å². The topological polar surface area (TPSA) is 77.8 Å².